The molecule has 1 aliphatic rings. The molecule has 0 spiro atoms. The molecule has 0 fully saturated rings. The van der Waals surface area contributed by atoms with Crippen molar-refractivity contribution in [3.8, 4) is 0 Å². The summed E-state index contributed by atoms with van der Waals surface area (Å²) in [6.45, 7) is 2.25. The third-order valence-electron chi connectivity index (χ3n) is 4.02. The summed E-state index contributed by atoms with van der Waals surface area (Å²) >= 11 is 0. The summed E-state index contributed by atoms with van der Waals surface area (Å²) in [6, 6.07) is 3.92. The van der Waals surface area contributed by atoms with E-state index in [2.05, 4.69) is 15.1 Å². The second-order valence-corrected chi connectivity index (χ2v) is 6.06. The summed E-state index contributed by atoms with van der Waals surface area (Å²) in [6.07, 6.45) is 4.49. The smallest absolute Gasteiger partial charge is 0.274 e. The molecule has 2 aromatic rings. The van der Waals surface area contributed by atoms with Crippen LogP contribution in [0.5, 0.6) is 0 Å². The van der Waals surface area contributed by atoms with Crippen molar-refractivity contribution in [2.75, 3.05) is 20.6 Å². The minimum atomic E-state index is -0.0119. The number of nitrogens with zero attached hydrogens (tertiary/aromatic N) is 6. The number of likely N-dealkylation sites (N-methyl/N-ethyl adjacent to an activating group) is 1. The summed E-state index contributed by atoms with van der Waals surface area (Å²) in [5, 5.41) is 8.61. The molecule has 3 heterocycles. The van der Waals surface area contributed by atoms with Gasteiger partial charge in [-0.25, -0.2) is 0 Å². The number of aryl methyl sites for hydroxylation is 2. The number of carbonyl (C=O) groups is 1. The standard InChI is InChI=1S/C15H22N6O/c1-18(2)10-12-5-9-21-13(4-7-16-21)11-20(12)15(22)14-6-8-19(3)17-14/h4,6-8,12H,5,9-11H2,1-3H3. The lowest BCUT2D eigenvalue weighted by Gasteiger charge is -2.31. The SMILES string of the molecule is CN(C)CC1CCn2nccc2CN1C(=O)c1ccn(C)n1. The first-order valence-corrected chi connectivity index (χ1v) is 7.50. The zero-order chi connectivity index (χ0) is 15.7. The Hall–Kier alpha value is -2.15. The van der Waals surface area contributed by atoms with E-state index in [0.29, 0.717) is 12.2 Å². The number of hydrogen-bond donors (Lipinski definition) is 0. The van der Waals surface area contributed by atoms with Crippen molar-refractivity contribution >= 4 is 5.91 Å². The molecule has 1 aliphatic heterocycles. The van der Waals surface area contributed by atoms with Gasteiger partial charge in [0.1, 0.15) is 5.69 Å². The maximum Gasteiger partial charge on any atom is 0.274 e. The number of fused-ring (bicyclic) bond motifs is 1. The van der Waals surface area contributed by atoms with Crippen molar-refractivity contribution < 1.29 is 4.79 Å². The highest BCUT2D eigenvalue weighted by molar-refractivity contribution is 5.92. The zero-order valence-corrected chi connectivity index (χ0v) is 13.3. The van der Waals surface area contributed by atoms with Crippen molar-refractivity contribution in [1.82, 2.24) is 29.4 Å². The topological polar surface area (TPSA) is 59.2 Å². The second kappa shape index (κ2) is 5.92. The van der Waals surface area contributed by atoms with Crippen molar-refractivity contribution in [3.63, 3.8) is 0 Å². The molecule has 2 aromatic heterocycles. The van der Waals surface area contributed by atoms with Crippen LogP contribution in [-0.2, 0) is 20.1 Å². The largest absolute Gasteiger partial charge is 0.327 e. The molecule has 0 aromatic carbocycles. The van der Waals surface area contributed by atoms with E-state index in [4.69, 9.17) is 0 Å². The molecule has 1 atom stereocenters. The third-order valence-corrected chi connectivity index (χ3v) is 4.02. The molecular formula is C15H22N6O. The number of carbonyl (C=O) groups excluding carboxylic acids is 1. The lowest BCUT2D eigenvalue weighted by molar-refractivity contribution is 0.0620. The van der Waals surface area contributed by atoms with Crippen LogP contribution in [0.4, 0.5) is 0 Å². The van der Waals surface area contributed by atoms with Gasteiger partial charge in [-0.15, -0.1) is 0 Å². The summed E-state index contributed by atoms with van der Waals surface area (Å²) in [5.74, 6) is -0.0119. The predicted molar refractivity (Wildman–Crippen MR) is 82.3 cm³/mol. The van der Waals surface area contributed by atoms with Gasteiger partial charge in [-0.2, -0.15) is 10.2 Å². The molecule has 7 heteroatoms. The number of rotatable bonds is 3. The molecule has 0 saturated carbocycles. The van der Waals surface area contributed by atoms with Crippen LogP contribution >= 0.6 is 0 Å². The zero-order valence-electron chi connectivity index (χ0n) is 13.3. The van der Waals surface area contributed by atoms with E-state index in [9.17, 15) is 4.79 Å². The molecule has 1 unspecified atom stereocenters. The summed E-state index contributed by atoms with van der Waals surface area (Å²) in [4.78, 5) is 16.9. The molecular weight excluding hydrogens is 280 g/mol. The van der Waals surface area contributed by atoms with Gasteiger partial charge in [0.25, 0.3) is 5.91 Å². The van der Waals surface area contributed by atoms with E-state index >= 15 is 0 Å². The molecule has 3 rings (SSSR count). The molecule has 0 bridgehead atoms. The first kappa shape index (κ1) is 14.8. The first-order chi connectivity index (χ1) is 10.5. The second-order valence-electron chi connectivity index (χ2n) is 6.06. The Balaban J connectivity index is 1.89. The van der Waals surface area contributed by atoms with Crippen LogP contribution < -0.4 is 0 Å². The van der Waals surface area contributed by atoms with Gasteiger partial charge < -0.3 is 9.80 Å². The van der Waals surface area contributed by atoms with Crippen molar-refractivity contribution in [1.29, 1.82) is 0 Å². The van der Waals surface area contributed by atoms with E-state index < -0.39 is 0 Å². The summed E-state index contributed by atoms with van der Waals surface area (Å²) in [5.41, 5.74) is 1.57. The monoisotopic (exact) mass is 302 g/mol. The van der Waals surface area contributed by atoms with E-state index in [1.807, 2.05) is 36.8 Å². The molecule has 0 saturated heterocycles. The Morgan fingerprint density at radius 3 is 2.91 bits per heavy atom. The molecule has 7 nitrogen and oxygen atoms in total. The maximum atomic E-state index is 12.9. The summed E-state index contributed by atoms with van der Waals surface area (Å²) in [7, 11) is 5.89. The number of hydrogen-bond acceptors (Lipinski definition) is 4. The van der Waals surface area contributed by atoms with Crippen LogP contribution in [0.25, 0.3) is 0 Å². The van der Waals surface area contributed by atoms with Crippen LogP contribution in [0.2, 0.25) is 0 Å². The Morgan fingerprint density at radius 2 is 2.23 bits per heavy atom. The average molecular weight is 302 g/mol. The van der Waals surface area contributed by atoms with Crippen molar-refractivity contribution in [2.45, 2.75) is 25.6 Å². The molecule has 0 N–H and O–H groups in total. The highest BCUT2D eigenvalue weighted by Crippen LogP contribution is 2.20. The van der Waals surface area contributed by atoms with Crippen LogP contribution in [0.1, 0.15) is 22.6 Å². The summed E-state index contributed by atoms with van der Waals surface area (Å²) < 4.78 is 3.66. The van der Waals surface area contributed by atoms with Crippen LogP contribution in [0.15, 0.2) is 24.5 Å². The predicted octanol–water partition coefficient (Wildman–Crippen LogP) is 0.593. The number of aromatic nitrogens is 4. The Bertz CT molecular complexity index is 659. The molecule has 22 heavy (non-hydrogen) atoms. The molecule has 118 valence electrons. The van der Waals surface area contributed by atoms with Gasteiger partial charge >= 0.3 is 0 Å². The lowest BCUT2D eigenvalue weighted by Crippen LogP contribution is -2.44. The van der Waals surface area contributed by atoms with Crippen LogP contribution in [-0.4, -0.2) is 61.9 Å². The maximum absolute atomic E-state index is 12.9. The van der Waals surface area contributed by atoms with E-state index in [0.717, 1.165) is 25.2 Å². The van der Waals surface area contributed by atoms with E-state index in [1.54, 1.807) is 23.1 Å². The highest BCUT2D eigenvalue weighted by atomic mass is 16.2. The van der Waals surface area contributed by atoms with E-state index in [1.165, 1.54) is 0 Å². The van der Waals surface area contributed by atoms with Crippen molar-refractivity contribution in [2.24, 2.45) is 7.05 Å². The van der Waals surface area contributed by atoms with Gasteiger partial charge in [0.2, 0.25) is 0 Å². The van der Waals surface area contributed by atoms with Crippen LogP contribution in [0, 0.1) is 0 Å². The Labute approximate surface area is 130 Å². The molecule has 0 aliphatic carbocycles. The molecule has 0 radical (unpaired) electrons. The van der Waals surface area contributed by atoms with Gasteiger partial charge in [-0.1, -0.05) is 0 Å². The normalized spacial score (nSPS) is 18.4. The fraction of sp³-hybridized carbons (Fsp3) is 0.533. The Kier molecular flexibility index (Phi) is 3.98. The van der Waals surface area contributed by atoms with Gasteiger partial charge in [-0.3, -0.25) is 14.2 Å². The van der Waals surface area contributed by atoms with Gasteiger partial charge in [-0.05, 0) is 32.6 Å². The number of amides is 1. The Morgan fingerprint density at radius 1 is 1.41 bits per heavy atom. The van der Waals surface area contributed by atoms with Crippen LogP contribution in [0.3, 0.4) is 0 Å². The van der Waals surface area contributed by atoms with Gasteiger partial charge in [0.15, 0.2) is 0 Å². The quantitative estimate of drug-likeness (QED) is 0.833. The minimum absolute atomic E-state index is 0.0119. The first-order valence-electron chi connectivity index (χ1n) is 7.50. The lowest BCUT2D eigenvalue weighted by atomic mass is 10.1. The fourth-order valence-corrected chi connectivity index (χ4v) is 2.95. The van der Waals surface area contributed by atoms with E-state index in [-0.39, 0.29) is 11.9 Å². The minimum Gasteiger partial charge on any atom is -0.327 e. The van der Waals surface area contributed by atoms with Crippen molar-refractivity contribution in [3.05, 3.63) is 35.9 Å². The highest BCUT2D eigenvalue weighted by Gasteiger charge is 2.30. The fourth-order valence-electron chi connectivity index (χ4n) is 2.95. The third kappa shape index (κ3) is 2.89. The van der Waals surface area contributed by atoms with Gasteiger partial charge in [0, 0.05) is 38.6 Å². The average Bonchev–Trinajstić information content (AvgIpc) is 3.05. The van der Waals surface area contributed by atoms with Gasteiger partial charge in [0.05, 0.1) is 12.2 Å². The molecule has 1 amide bonds.